The van der Waals surface area contributed by atoms with Crippen LogP contribution in [0.5, 0.6) is 5.75 Å². The summed E-state index contributed by atoms with van der Waals surface area (Å²) in [5, 5.41) is 1.70. The first-order chi connectivity index (χ1) is 16.4. The Bertz CT molecular complexity index is 1100. The molecule has 7 nitrogen and oxygen atoms in total. The quantitative estimate of drug-likeness (QED) is 0.489. The molecular formula is C25H26FN3O4S. The zero-order valence-electron chi connectivity index (χ0n) is 18.9. The van der Waals surface area contributed by atoms with Gasteiger partial charge in [0.05, 0.1) is 25.1 Å². The topological polar surface area (TPSA) is 72.0 Å². The predicted molar refractivity (Wildman–Crippen MR) is 126 cm³/mol. The lowest BCUT2D eigenvalue weighted by Crippen LogP contribution is -2.58. The number of aromatic nitrogens is 1. The molecule has 0 saturated carbocycles. The van der Waals surface area contributed by atoms with Crippen molar-refractivity contribution in [3.05, 3.63) is 82.6 Å². The molecule has 2 amide bonds. The summed E-state index contributed by atoms with van der Waals surface area (Å²) in [5.74, 6) is -0.249. The Morgan fingerprint density at radius 2 is 1.97 bits per heavy atom. The maximum atomic E-state index is 13.3. The molecular weight excluding hydrogens is 457 g/mol. The summed E-state index contributed by atoms with van der Waals surface area (Å²) in [6.07, 6.45) is 0.0262. The van der Waals surface area contributed by atoms with Crippen LogP contribution in [0.2, 0.25) is 0 Å². The first kappa shape index (κ1) is 23.8. The number of amides is 2. The average Bonchev–Trinajstić information content (AvgIpc) is 3.39. The third-order valence-corrected chi connectivity index (χ3v) is 6.25. The van der Waals surface area contributed by atoms with Crippen LogP contribution < -0.4 is 4.74 Å². The molecule has 0 bridgehead atoms. The van der Waals surface area contributed by atoms with Gasteiger partial charge in [0.2, 0.25) is 5.91 Å². The number of hydrogen-bond donors (Lipinski definition) is 0. The van der Waals surface area contributed by atoms with E-state index in [1.165, 1.54) is 35.6 Å². The second kappa shape index (κ2) is 10.8. The maximum absolute atomic E-state index is 13.3. The van der Waals surface area contributed by atoms with E-state index in [1.54, 1.807) is 27.7 Å². The molecule has 9 heteroatoms. The molecule has 1 aliphatic heterocycles. The number of carbonyl (C=O) groups is 2. The van der Waals surface area contributed by atoms with Gasteiger partial charge in [0, 0.05) is 25.5 Å². The summed E-state index contributed by atoms with van der Waals surface area (Å²) >= 11 is 1.35. The lowest BCUT2D eigenvalue weighted by atomic mass is 9.96. The number of halogens is 1. The normalized spacial score (nSPS) is 17.9. The van der Waals surface area contributed by atoms with Crippen LogP contribution in [0, 0.1) is 5.82 Å². The molecule has 2 aromatic carbocycles. The lowest BCUT2D eigenvalue weighted by molar-refractivity contribution is -0.152. The van der Waals surface area contributed by atoms with Gasteiger partial charge in [-0.1, -0.05) is 30.3 Å². The molecule has 1 aliphatic rings. The van der Waals surface area contributed by atoms with Gasteiger partial charge in [0.25, 0.3) is 5.91 Å². The monoisotopic (exact) mass is 483 g/mol. The van der Waals surface area contributed by atoms with Crippen LogP contribution >= 0.6 is 11.3 Å². The minimum Gasteiger partial charge on any atom is -0.490 e. The van der Waals surface area contributed by atoms with Crippen molar-refractivity contribution in [1.82, 2.24) is 14.8 Å². The lowest BCUT2D eigenvalue weighted by Gasteiger charge is -2.42. The van der Waals surface area contributed by atoms with Crippen molar-refractivity contribution >= 4 is 23.2 Å². The van der Waals surface area contributed by atoms with Gasteiger partial charge in [-0.15, -0.1) is 11.3 Å². The number of carbonyl (C=O) groups excluding carboxylic acids is 2. The first-order valence-corrected chi connectivity index (χ1v) is 11.9. The van der Waals surface area contributed by atoms with Crippen molar-refractivity contribution in [3.8, 4) is 5.75 Å². The van der Waals surface area contributed by atoms with Crippen molar-refractivity contribution in [2.24, 2.45) is 0 Å². The maximum Gasteiger partial charge on any atom is 0.273 e. The van der Waals surface area contributed by atoms with Gasteiger partial charge >= 0.3 is 0 Å². The highest BCUT2D eigenvalue weighted by Gasteiger charge is 2.42. The summed E-state index contributed by atoms with van der Waals surface area (Å²) in [4.78, 5) is 33.6. The molecule has 34 heavy (non-hydrogen) atoms. The number of morpholine rings is 1. The summed E-state index contributed by atoms with van der Waals surface area (Å²) < 4.78 is 25.3. The van der Waals surface area contributed by atoms with Crippen molar-refractivity contribution < 1.29 is 23.5 Å². The Hall–Kier alpha value is -3.30. The highest BCUT2D eigenvalue weighted by Crippen LogP contribution is 2.27. The molecule has 3 aromatic rings. The van der Waals surface area contributed by atoms with Gasteiger partial charge in [0.15, 0.2) is 0 Å². The fourth-order valence-corrected chi connectivity index (χ4v) is 4.37. The van der Waals surface area contributed by atoms with Gasteiger partial charge in [0.1, 0.15) is 29.5 Å². The molecule has 178 valence electrons. The Kier molecular flexibility index (Phi) is 7.54. The van der Waals surface area contributed by atoms with Crippen LogP contribution in [0.1, 0.15) is 22.5 Å². The van der Waals surface area contributed by atoms with Crippen molar-refractivity contribution in [1.29, 1.82) is 0 Å². The minimum atomic E-state index is -1.06. The van der Waals surface area contributed by atoms with Crippen LogP contribution in [0.4, 0.5) is 4.39 Å². The minimum absolute atomic E-state index is 0.0262. The summed E-state index contributed by atoms with van der Waals surface area (Å²) in [6.45, 7) is 1.32. The molecule has 1 fully saturated rings. The second-order valence-electron chi connectivity index (χ2n) is 8.29. The Morgan fingerprint density at radius 3 is 2.68 bits per heavy atom. The summed E-state index contributed by atoms with van der Waals surface area (Å²) in [6, 6.07) is 15.4. The molecule has 2 heterocycles. The summed E-state index contributed by atoms with van der Waals surface area (Å²) in [7, 11) is 1.74. The Labute approximate surface area is 201 Å². The molecule has 0 radical (unpaired) electrons. The zero-order chi connectivity index (χ0) is 24.0. The van der Waals surface area contributed by atoms with E-state index in [1.807, 2.05) is 30.3 Å². The van der Waals surface area contributed by atoms with Crippen LogP contribution in [0.25, 0.3) is 0 Å². The Balaban J connectivity index is 1.50. The van der Waals surface area contributed by atoms with E-state index in [9.17, 15) is 14.0 Å². The fourth-order valence-electron chi connectivity index (χ4n) is 3.85. The van der Waals surface area contributed by atoms with E-state index in [-0.39, 0.29) is 43.8 Å². The van der Waals surface area contributed by atoms with Gasteiger partial charge in [-0.3, -0.25) is 9.59 Å². The zero-order valence-corrected chi connectivity index (χ0v) is 19.7. The highest BCUT2D eigenvalue weighted by molar-refractivity contribution is 7.07. The molecule has 0 aliphatic carbocycles. The van der Waals surface area contributed by atoms with E-state index in [4.69, 9.17) is 9.47 Å². The van der Waals surface area contributed by atoms with Gasteiger partial charge in [-0.2, -0.15) is 0 Å². The van der Waals surface area contributed by atoms with Crippen LogP contribution in [0.3, 0.4) is 0 Å². The molecule has 4 rings (SSSR count). The van der Waals surface area contributed by atoms with E-state index in [0.717, 1.165) is 5.56 Å². The molecule has 1 aromatic heterocycles. The van der Waals surface area contributed by atoms with E-state index < -0.39 is 5.60 Å². The van der Waals surface area contributed by atoms with Gasteiger partial charge in [-0.05, 0) is 29.8 Å². The van der Waals surface area contributed by atoms with E-state index in [2.05, 4.69) is 4.98 Å². The summed E-state index contributed by atoms with van der Waals surface area (Å²) in [5.41, 5.74) is 1.94. The van der Waals surface area contributed by atoms with Crippen LogP contribution in [-0.2, 0) is 16.1 Å². The molecule has 0 spiro atoms. The van der Waals surface area contributed by atoms with E-state index >= 15 is 0 Å². The highest BCUT2D eigenvalue weighted by atomic mass is 32.1. The first-order valence-electron chi connectivity index (χ1n) is 10.9. The fraction of sp³-hybridized carbons (Fsp3) is 0.320. The number of hydrogen-bond acceptors (Lipinski definition) is 6. The largest absolute Gasteiger partial charge is 0.490 e. The predicted octanol–water partition coefficient (Wildman–Crippen LogP) is 3.62. The van der Waals surface area contributed by atoms with Crippen molar-refractivity contribution in [2.75, 3.05) is 33.4 Å². The van der Waals surface area contributed by atoms with Crippen LogP contribution in [-0.4, -0.2) is 65.6 Å². The van der Waals surface area contributed by atoms with Gasteiger partial charge < -0.3 is 19.3 Å². The number of rotatable bonds is 8. The smallest absolute Gasteiger partial charge is 0.273 e. The second-order valence-corrected chi connectivity index (χ2v) is 9.01. The molecule has 0 N–H and O–H groups in total. The molecule has 0 unspecified atom stereocenters. The van der Waals surface area contributed by atoms with Crippen LogP contribution in [0.15, 0.2) is 65.5 Å². The van der Waals surface area contributed by atoms with Gasteiger partial charge in [-0.25, -0.2) is 9.37 Å². The van der Waals surface area contributed by atoms with Crippen molar-refractivity contribution in [2.45, 2.75) is 18.6 Å². The number of thiazole rings is 1. The number of benzene rings is 2. The average molecular weight is 484 g/mol. The third kappa shape index (κ3) is 5.98. The van der Waals surface area contributed by atoms with E-state index in [0.29, 0.717) is 24.5 Å². The molecule has 1 atom stereocenters. The SMILES string of the molecule is CN(Cc1ccccc1)C(=O)C[C@@]1(COc2ccc(F)cc2)CN(C(=O)c2cscn2)CCO1. The van der Waals surface area contributed by atoms with Crippen molar-refractivity contribution in [3.63, 3.8) is 0 Å². The standard InChI is InChI=1S/C25H26FN3O4S/c1-28(14-19-5-3-2-4-6-19)23(30)13-25(17-32-21-9-7-20(26)8-10-21)16-29(11-12-33-25)24(31)22-15-34-18-27-22/h2-10,15,18H,11-14,16-17H2,1H3/t25-/m0/s1. The number of ether oxygens (including phenoxy) is 2. The molecule has 1 saturated heterocycles. The third-order valence-electron chi connectivity index (χ3n) is 5.66. The number of nitrogens with zero attached hydrogens (tertiary/aromatic N) is 3. The Morgan fingerprint density at radius 1 is 1.21 bits per heavy atom.